The van der Waals surface area contributed by atoms with Crippen molar-refractivity contribution in [3.05, 3.63) is 0 Å². The van der Waals surface area contributed by atoms with Gasteiger partial charge in [-0.3, -0.25) is 0 Å². The number of carbonyl (C=O) groups is 1. The van der Waals surface area contributed by atoms with E-state index in [0.717, 1.165) is 0 Å². The molecule has 0 saturated carbocycles. The van der Waals surface area contributed by atoms with Gasteiger partial charge in [0, 0.05) is 5.41 Å². The zero-order chi connectivity index (χ0) is 11.6. The molecule has 0 aliphatic rings. The molecule has 8 heteroatoms. The summed E-state index contributed by atoms with van der Waals surface area (Å²) in [7, 11) is -5.16. The van der Waals surface area contributed by atoms with Gasteiger partial charge in [-0.1, -0.05) is 13.8 Å². The Morgan fingerprint density at radius 3 is 2.29 bits per heavy atom. The van der Waals surface area contributed by atoms with Gasteiger partial charge in [0.05, 0.1) is 20.4 Å². The molecule has 0 bridgehead atoms. The van der Waals surface area contributed by atoms with Crippen LogP contribution in [0.2, 0.25) is 0 Å². The van der Waals surface area contributed by atoms with Crippen LogP contribution in [-0.2, 0) is 13.9 Å². The lowest BCUT2D eigenvalue weighted by Crippen LogP contribution is -2.47. The van der Waals surface area contributed by atoms with Gasteiger partial charge in [0.15, 0.2) is 0 Å². The van der Waals surface area contributed by atoms with Crippen LogP contribution in [0.3, 0.4) is 0 Å². The van der Waals surface area contributed by atoms with Crippen LogP contribution in [-0.4, -0.2) is 23.8 Å². The minimum absolute atomic E-state index is 0.716. The number of phosphoric acid groups is 1. The van der Waals surface area contributed by atoms with E-state index in [9.17, 15) is 24.3 Å². The summed E-state index contributed by atoms with van der Waals surface area (Å²) in [4.78, 5) is 30.4. The summed E-state index contributed by atoms with van der Waals surface area (Å²) in [6.07, 6.45) is -1.91. The predicted octanol–water partition coefficient (Wildman–Crippen LogP) is -3.03. The van der Waals surface area contributed by atoms with Crippen LogP contribution in [0, 0.1) is 5.41 Å². The van der Waals surface area contributed by atoms with Crippen LogP contribution in [0.1, 0.15) is 13.8 Å². The molecule has 0 saturated heterocycles. The molecular formula is C6H10O7P-3. The number of phosphoric ester groups is 1. The van der Waals surface area contributed by atoms with Gasteiger partial charge in [-0.05, 0) is 0 Å². The molecule has 1 N–H and O–H groups in total. The first kappa shape index (κ1) is 13.5. The van der Waals surface area contributed by atoms with E-state index >= 15 is 0 Å². The van der Waals surface area contributed by atoms with E-state index in [-0.39, 0.29) is 0 Å². The zero-order valence-electron chi connectivity index (χ0n) is 7.63. The molecular weight excluding hydrogens is 215 g/mol. The number of aliphatic hydroxyl groups is 1. The number of carbonyl (C=O) groups excluding carboxylic acids is 1. The second-order valence-electron chi connectivity index (χ2n) is 3.43. The van der Waals surface area contributed by atoms with Crippen molar-refractivity contribution in [1.29, 1.82) is 0 Å². The Balaban J connectivity index is 4.35. The summed E-state index contributed by atoms with van der Waals surface area (Å²) < 4.78 is 13.9. The number of rotatable bonds is 5. The van der Waals surface area contributed by atoms with Gasteiger partial charge in [0.25, 0.3) is 0 Å². The minimum Gasteiger partial charge on any atom is -0.790 e. The lowest BCUT2D eigenvalue weighted by molar-refractivity contribution is -0.345. The normalized spacial score (nSPS) is 15.2. The fourth-order valence-corrected chi connectivity index (χ4v) is 1.13. The molecule has 0 aromatic carbocycles. The Labute approximate surface area is 80.6 Å². The highest BCUT2D eigenvalue weighted by atomic mass is 31.2. The molecule has 7 nitrogen and oxygen atoms in total. The number of hydrogen-bond acceptors (Lipinski definition) is 7. The first-order valence-electron chi connectivity index (χ1n) is 3.62. The van der Waals surface area contributed by atoms with Gasteiger partial charge in [0.1, 0.15) is 6.10 Å². The van der Waals surface area contributed by atoms with Gasteiger partial charge >= 0.3 is 0 Å². The lowest BCUT2D eigenvalue weighted by atomic mass is 9.88. The Kier molecular flexibility index (Phi) is 4.23. The lowest BCUT2D eigenvalue weighted by Gasteiger charge is -2.36. The molecule has 0 heterocycles. The van der Waals surface area contributed by atoms with E-state index < -0.39 is 31.9 Å². The van der Waals surface area contributed by atoms with Crippen LogP contribution in [0.4, 0.5) is 0 Å². The van der Waals surface area contributed by atoms with E-state index in [1.54, 1.807) is 0 Å². The maximum absolute atomic E-state index is 10.2. The van der Waals surface area contributed by atoms with Crippen molar-refractivity contribution in [2.75, 3.05) is 6.61 Å². The molecule has 0 radical (unpaired) electrons. The molecule has 0 aliphatic heterocycles. The fraction of sp³-hybridized carbons (Fsp3) is 0.833. The SMILES string of the molecule is CC(C)(COP(=O)([O-])[O-])[C@@H](O)C(=O)[O-]. The Hall–Kier alpha value is -0.460. The van der Waals surface area contributed by atoms with Crippen molar-refractivity contribution in [3.8, 4) is 0 Å². The van der Waals surface area contributed by atoms with Gasteiger partial charge in [-0.15, -0.1) is 0 Å². The third kappa shape index (κ3) is 4.69. The topological polar surface area (TPSA) is 133 Å². The summed E-state index contributed by atoms with van der Waals surface area (Å²) in [5.74, 6) is -1.76. The average molecular weight is 225 g/mol. The number of aliphatic hydroxyl groups excluding tert-OH is 1. The molecule has 0 amide bonds. The predicted molar refractivity (Wildman–Crippen MR) is 38.4 cm³/mol. The van der Waals surface area contributed by atoms with Crippen molar-refractivity contribution in [1.82, 2.24) is 0 Å². The highest BCUT2D eigenvalue weighted by Crippen LogP contribution is 2.30. The fourth-order valence-electron chi connectivity index (χ4n) is 0.643. The van der Waals surface area contributed by atoms with Crippen LogP contribution >= 0.6 is 7.82 Å². The quantitative estimate of drug-likeness (QED) is 0.492. The number of aliphatic carboxylic acids is 1. The molecule has 0 unspecified atom stereocenters. The van der Waals surface area contributed by atoms with E-state index in [0.29, 0.717) is 0 Å². The van der Waals surface area contributed by atoms with Crippen molar-refractivity contribution in [2.24, 2.45) is 5.41 Å². The minimum atomic E-state index is -5.16. The van der Waals surface area contributed by atoms with Crippen molar-refractivity contribution in [3.63, 3.8) is 0 Å². The Morgan fingerprint density at radius 1 is 1.57 bits per heavy atom. The van der Waals surface area contributed by atoms with Crippen molar-refractivity contribution in [2.45, 2.75) is 20.0 Å². The first-order valence-corrected chi connectivity index (χ1v) is 5.08. The van der Waals surface area contributed by atoms with Crippen LogP contribution in [0.5, 0.6) is 0 Å². The number of carboxylic acids is 1. The van der Waals surface area contributed by atoms with Gasteiger partial charge in [-0.25, -0.2) is 0 Å². The summed E-state index contributed by atoms with van der Waals surface area (Å²) in [6.45, 7) is 1.73. The molecule has 84 valence electrons. The molecule has 1 atom stereocenters. The van der Waals surface area contributed by atoms with E-state index in [1.807, 2.05) is 0 Å². The van der Waals surface area contributed by atoms with Crippen molar-refractivity contribution < 1.29 is 33.9 Å². The number of hydrogen-bond donors (Lipinski definition) is 1. The highest BCUT2D eigenvalue weighted by molar-refractivity contribution is 7.43. The third-order valence-electron chi connectivity index (χ3n) is 1.56. The van der Waals surface area contributed by atoms with E-state index in [1.165, 1.54) is 13.8 Å². The average Bonchev–Trinajstić information content (AvgIpc) is 1.98. The van der Waals surface area contributed by atoms with Gasteiger partial charge in [0.2, 0.25) is 0 Å². The van der Waals surface area contributed by atoms with Crippen LogP contribution in [0.15, 0.2) is 0 Å². The third-order valence-corrected chi connectivity index (χ3v) is 2.00. The smallest absolute Gasteiger partial charge is 0.101 e. The first-order chi connectivity index (χ1) is 6.06. The summed E-state index contributed by atoms with van der Waals surface area (Å²) in [5, 5.41) is 19.2. The molecule has 14 heavy (non-hydrogen) atoms. The highest BCUT2D eigenvalue weighted by Gasteiger charge is 2.29. The second kappa shape index (κ2) is 4.37. The molecule has 0 aromatic heterocycles. The molecule has 0 fully saturated rings. The molecule has 0 aromatic rings. The van der Waals surface area contributed by atoms with Crippen LogP contribution in [0.25, 0.3) is 0 Å². The summed E-state index contributed by atoms with van der Waals surface area (Å²) in [5.41, 5.74) is -1.41. The molecule has 0 spiro atoms. The molecule has 0 rings (SSSR count). The van der Waals surface area contributed by atoms with Crippen molar-refractivity contribution >= 4 is 13.8 Å². The van der Waals surface area contributed by atoms with Gasteiger partial charge in [-0.2, -0.15) is 0 Å². The molecule has 0 aliphatic carbocycles. The Morgan fingerprint density at radius 2 is 2.00 bits per heavy atom. The zero-order valence-corrected chi connectivity index (χ0v) is 8.52. The van der Waals surface area contributed by atoms with E-state index in [4.69, 9.17) is 5.11 Å². The summed E-state index contributed by atoms with van der Waals surface area (Å²) in [6, 6.07) is 0. The maximum atomic E-state index is 10.2. The maximum Gasteiger partial charge on any atom is 0.101 e. The van der Waals surface area contributed by atoms with Gasteiger partial charge < -0.3 is 33.9 Å². The Bertz CT molecular complexity index is 255. The number of carboxylic acid groups (broad SMARTS) is 1. The van der Waals surface area contributed by atoms with E-state index in [2.05, 4.69) is 4.52 Å². The standard InChI is InChI=1S/C6H13O7P/c1-6(2,4(7)5(8)9)3-13-14(10,11)12/h4,7H,3H2,1-2H3,(H,8,9)(H2,10,11,12)/p-3/t4-/m0/s1. The van der Waals surface area contributed by atoms with Crippen LogP contribution < -0.4 is 14.9 Å². The monoisotopic (exact) mass is 225 g/mol. The largest absolute Gasteiger partial charge is 0.790 e. The second-order valence-corrected chi connectivity index (χ2v) is 4.58. The summed E-state index contributed by atoms with van der Waals surface area (Å²) >= 11 is 0.